The smallest absolute Gasteiger partial charge is 0.305 e. The van der Waals surface area contributed by atoms with Gasteiger partial charge in [0.1, 0.15) is 11.6 Å². The van der Waals surface area contributed by atoms with Crippen LogP contribution in [-0.4, -0.2) is 38.4 Å². The normalized spacial score (nSPS) is 16.5. The maximum atomic E-state index is 13.3. The molecule has 34 heavy (non-hydrogen) atoms. The van der Waals surface area contributed by atoms with E-state index in [0.717, 1.165) is 17.0 Å². The first kappa shape index (κ1) is 23.9. The van der Waals surface area contributed by atoms with Gasteiger partial charge in [-0.05, 0) is 60.7 Å². The van der Waals surface area contributed by atoms with E-state index in [9.17, 15) is 12.8 Å². The zero-order valence-electron chi connectivity index (χ0n) is 18.2. The van der Waals surface area contributed by atoms with Crippen LogP contribution in [0.25, 0.3) is 0 Å². The van der Waals surface area contributed by atoms with Gasteiger partial charge in [0.2, 0.25) is 16.2 Å². The van der Waals surface area contributed by atoms with Crippen molar-refractivity contribution in [3.63, 3.8) is 0 Å². The fraction of sp³-hybridized carbons (Fsp3) is 0.250. The SMILES string of the molecule is N#C/N=C(/NCC1(c2cccs2)CCN(S(=O)(=O)c2ccc(F)cc2)CC1)Oc1ccccc1. The number of nitriles is 1. The molecule has 0 unspecified atom stereocenters. The highest BCUT2D eigenvalue weighted by Gasteiger charge is 2.40. The number of piperidine rings is 1. The lowest BCUT2D eigenvalue weighted by Crippen LogP contribution is -2.50. The van der Waals surface area contributed by atoms with E-state index in [-0.39, 0.29) is 16.3 Å². The van der Waals surface area contributed by atoms with Crippen LogP contribution in [0, 0.1) is 17.3 Å². The van der Waals surface area contributed by atoms with Gasteiger partial charge in [-0.25, -0.2) is 12.8 Å². The number of sulfonamides is 1. The number of ether oxygens (including phenoxy) is 1. The van der Waals surface area contributed by atoms with Crippen molar-refractivity contribution in [2.24, 2.45) is 4.99 Å². The van der Waals surface area contributed by atoms with Crippen molar-refractivity contribution in [1.29, 1.82) is 5.26 Å². The van der Waals surface area contributed by atoms with Crippen LogP contribution in [0.4, 0.5) is 4.39 Å². The molecule has 0 saturated carbocycles. The van der Waals surface area contributed by atoms with Gasteiger partial charge in [-0.1, -0.05) is 24.3 Å². The van der Waals surface area contributed by atoms with E-state index >= 15 is 0 Å². The number of hydrogen-bond acceptors (Lipinski definition) is 6. The number of aliphatic imine (C=N–C) groups is 1. The zero-order chi connectivity index (χ0) is 24.0. The van der Waals surface area contributed by atoms with Crippen molar-refractivity contribution in [1.82, 2.24) is 9.62 Å². The van der Waals surface area contributed by atoms with Crippen molar-refractivity contribution < 1.29 is 17.5 Å². The summed E-state index contributed by atoms with van der Waals surface area (Å²) >= 11 is 1.61. The molecule has 0 bridgehead atoms. The van der Waals surface area contributed by atoms with Gasteiger partial charge < -0.3 is 10.1 Å². The molecule has 0 radical (unpaired) electrons. The molecule has 4 rings (SSSR count). The third kappa shape index (κ3) is 5.28. The minimum atomic E-state index is -3.72. The maximum Gasteiger partial charge on any atom is 0.305 e. The summed E-state index contributed by atoms with van der Waals surface area (Å²) in [6, 6.07) is 18.0. The first-order valence-electron chi connectivity index (χ1n) is 10.7. The van der Waals surface area contributed by atoms with Crippen LogP contribution in [0.3, 0.4) is 0 Å². The Kier molecular flexibility index (Phi) is 7.26. The average molecular weight is 499 g/mol. The van der Waals surface area contributed by atoms with Crippen LogP contribution >= 0.6 is 11.3 Å². The summed E-state index contributed by atoms with van der Waals surface area (Å²) < 4.78 is 46.6. The highest BCUT2D eigenvalue weighted by Crippen LogP contribution is 2.39. The molecule has 1 aliphatic heterocycles. The van der Waals surface area contributed by atoms with Gasteiger partial charge in [0, 0.05) is 29.9 Å². The summed E-state index contributed by atoms with van der Waals surface area (Å²) in [5.41, 5.74) is -0.362. The molecule has 3 aromatic rings. The predicted molar refractivity (Wildman–Crippen MR) is 129 cm³/mol. The maximum absolute atomic E-state index is 13.3. The number of hydrogen-bond donors (Lipinski definition) is 1. The molecular weight excluding hydrogens is 475 g/mol. The van der Waals surface area contributed by atoms with Gasteiger partial charge in [-0.3, -0.25) is 0 Å². The van der Waals surface area contributed by atoms with Crippen LogP contribution in [0.2, 0.25) is 0 Å². The molecule has 2 heterocycles. The Labute approximate surface area is 202 Å². The fourth-order valence-electron chi connectivity index (χ4n) is 3.99. The number of nitrogens with zero attached hydrogens (tertiary/aromatic N) is 3. The van der Waals surface area contributed by atoms with E-state index in [1.807, 2.05) is 35.7 Å². The Morgan fingerprint density at radius 2 is 1.82 bits per heavy atom. The van der Waals surface area contributed by atoms with E-state index < -0.39 is 15.8 Å². The molecule has 1 N–H and O–H groups in total. The van der Waals surface area contributed by atoms with Gasteiger partial charge in [0.15, 0.2) is 0 Å². The van der Waals surface area contributed by atoms with E-state index in [4.69, 9.17) is 10.00 Å². The molecule has 7 nitrogen and oxygen atoms in total. The standard InChI is InChI=1S/C24H23FN4O3S2/c25-19-8-10-21(11-9-19)34(30,31)29-14-12-24(13-15-29,22-7-4-16-33-22)17-27-23(28-18-26)32-20-5-2-1-3-6-20/h1-11,16H,12-15,17H2,(H,27,28). The zero-order valence-corrected chi connectivity index (χ0v) is 19.9. The second-order valence-electron chi connectivity index (χ2n) is 7.90. The molecule has 10 heteroatoms. The van der Waals surface area contributed by atoms with E-state index in [1.165, 1.54) is 16.4 Å². The molecule has 0 spiro atoms. The molecule has 176 valence electrons. The summed E-state index contributed by atoms with van der Waals surface area (Å²) in [4.78, 5) is 4.97. The lowest BCUT2D eigenvalue weighted by atomic mass is 9.77. The Hall–Kier alpha value is -3.26. The Bertz CT molecular complexity index is 1260. The van der Waals surface area contributed by atoms with Gasteiger partial charge in [0.05, 0.1) is 4.90 Å². The van der Waals surface area contributed by atoms with Crippen LogP contribution in [0.15, 0.2) is 82.0 Å². The van der Waals surface area contributed by atoms with Crippen LogP contribution < -0.4 is 10.1 Å². The molecule has 2 aromatic carbocycles. The van der Waals surface area contributed by atoms with Crippen molar-refractivity contribution >= 4 is 27.4 Å². The Balaban J connectivity index is 1.50. The van der Waals surface area contributed by atoms with Crippen molar-refractivity contribution in [2.75, 3.05) is 19.6 Å². The van der Waals surface area contributed by atoms with Gasteiger partial charge in [-0.2, -0.15) is 9.57 Å². The van der Waals surface area contributed by atoms with Crippen molar-refractivity contribution in [3.8, 4) is 11.9 Å². The van der Waals surface area contributed by atoms with E-state index in [2.05, 4.69) is 10.3 Å². The molecule has 1 saturated heterocycles. The molecule has 0 aliphatic carbocycles. The minimum Gasteiger partial charge on any atom is -0.425 e. The minimum absolute atomic E-state index is 0.0790. The Morgan fingerprint density at radius 3 is 2.44 bits per heavy atom. The van der Waals surface area contributed by atoms with Crippen LogP contribution in [-0.2, 0) is 15.4 Å². The van der Waals surface area contributed by atoms with Gasteiger partial charge in [-0.15, -0.1) is 16.3 Å². The summed E-state index contributed by atoms with van der Waals surface area (Å²) in [7, 11) is -3.72. The van der Waals surface area contributed by atoms with Gasteiger partial charge >= 0.3 is 6.02 Å². The van der Waals surface area contributed by atoms with Crippen LogP contribution in [0.1, 0.15) is 17.7 Å². The monoisotopic (exact) mass is 498 g/mol. The molecule has 1 fully saturated rings. The molecule has 0 amide bonds. The van der Waals surface area contributed by atoms with Crippen molar-refractivity contribution in [2.45, 2.75) is 23.2 Å². The van der Waals surface area contributed by atoms with E-state index in [0.29, 0.717) is 38.2 Å². The number of rotatable bonds is 6. The third-order valence-electron chi connectivity index (χ3n) is 5.86. The lowest BCUT2D eigenvalue weighted by molar-refractivity contribution is 0.233. The van der Waals surface area contributed by atoms with E-state index in [1.54, 1.807) is 29.7 Å². The lowest BCUT2D eigenvalue weighted by Gasteiger charge is -2.41. The molecule has 1 aromatic heterocycles. The summed E-state index contributed by atoms with van der Waals surface area (Å²) in [6.07, 6.45) is 2.88. The summed E-state index contributed by atoms with van der Waals surface area (Å²) in [5, 5.41) is 14.2. The Morgan fingerprint density at radius 1 is 1.12 bits per heavy atom. The molecule has 0 atom stereocenters. The van der Waals surface area contributed by atoms with Crippen LogP contribution in [0.5, 0.6) is 5.75 Å². The third-order valence-corrected chi connectivity index (χ3v) is 8.89. The topological polar surface area (TPSA) is 94.8 Å². The van der Waals surface area contributed by atoms with Crippen molar-refractivity contribution in [3.05, 3.63) is 82.8 Å². The number of halogens is 1. The van der Waals surface area contributed by atoms with Gasteiger partial charge in [0.25, 0.3) is 0 Å². The summed E-state index contributed by atoms with van der Waals surface area (Å²) in [5.74, 6) is 0.0716. The second kappa shape index (κ2) is 10.3. The fourth-order valence-corrected chi connectivity index (χ4v) is 6.42. The largest absolute Gasteiger partial charge is 0.425 e. The average Bonchev–Trinajstić information content (AvgIpc) is 3.40. The predicted octanol–water partition coefficient (Wildman–Crippen LogP) is 4.12. The number of benzene rings is 2. The highest BCUT2D eigenvalue weighted by atomic mass is 32.2. The first-order chi connectivity index (χ1) is 16.4. The number of thiophene rings is 1. The number of nitrogens with one attached hydrogen (secondary N) is 1. The highest BCUT2D eigenvalue weighted by molar-refractivity contribution is 7.89. The number of amidine groups is 1. The second-order valence-corrected chi connectivity index (χ2v) is 10.8. The first-order valence-corrected chi connectivity index (χ1v) is 13.0. The number of para-hydroxylation sites is 1. The molecule has 1 aliphatic rings. The molecular formula is C24H23FN4O3S2. The quantitative estimate of drug-likeness (QED) is 0.314. The summed E-state index contributed by atoms with van der Waals surface area (Å²) in [6.45, 7) is 1.04.